The van der Waals surface area contributed by atoms with Crippen LogP contribution in [0.2, 0.25) is 0 Å². The van der Waals surface area contributed by atoms with Gasteiger partial charge in [-0.25, -0.2) is 0 Å². The van der Waals surface area contributed by atoms with E-state index in [2.05, 4.69) is 0 Å². The molecule has 0 spiro atoms. The number of hydrogen-bond acceptors (Lipinski definition) is 3. The second kappa shape index (κ2) is 5.68. The van der Waals surface area contributed by atoms with Gasteiger partial charge in [-0.2, -0.15) is 0 Å². The quantitative estimate of drug-likeness (QED) is 0.864. The Morgan fingerprint density at radius 1 is 1.38 bits per heavy atom. The molecule has 4 heteroatoms. The van der Waals surface area contributed by atoms with Gasteiger partial charge >= 0.3 is 0 Å². The van der Waals surface area contributed by atoms with Gasteiger partial charge < -0.3 is 15.4 Å². The smallest absolute Gasteiger partial charge is 0.230 e. The zero-order valence-electron chi connectivity index (χ0n) is 12.8. The molecular weight excluding hydrogens is 264 g/mol. The summed E-state index contributed by atoms with van der Waals surface area (Å²) in [6.07, 6.45) is 3.89. The fourth-order valence-corrected chi connectivity index (χ4v) is 3.43. The maximum atomic E-state index is 12.9. The zero-order valence-corrected chi connectivity index (χ0v) is 12.8. The number of hydrogen-bond donors (Lipinski definition) is 1. The average Bonchev–Trinajstić information content (AvgIpc) is 2.45. The van der Waals surface area contributed by atoms with Crippen LogP contribution in [0.4, 0.5) is 5.69 Å². The van der Waals surface area contributed by atoms with Gasteiger partial charge in [-0.15, -0.1) is 0 Å². The highest BCUT2D eigenvalue weighted by Crippen LogP contribution is 2.36. The number of nitrogens with two attached hydrogens (primary N) is 1. The normalized spacial score (nSPS) is 28.7. The van der Waals surface area contributed by atoms with Gasteiger partial charge in [0.15, 0.2) is 0 Å². The van der Waals surface area contributed by atoms with Crippen molar-refractivity contribution in [2.75, 3.05) is 11.4 Å². The molecule has 0 unspecified atom stereocenters. The molecule has 1 heterocycles. The fraction of sp³-hybridized carbons (Fsp3) is 0.588. The minimum atomic E-state index is 0.0283. The van der Waals surface area contributed by atoms with Crippen molar-refractivity contribution >= 4 is 11.6 Å². The molecule has 2 N–H and O–H groups in total. The van der Waals surface area contributed by atoms with E-state index in [1.807, 2.05) is 36.9 Å². The van der Waals surface area contributed by atoms with Crippen LogP contribution < -0.4 is 15.4 Å². The van der Waals surface area contributed by atoms with E-state index in [4.69, 9.17) is 10.5 Å². The fourth-order valence-electron chi connectivity index (χ4n) is 3.43. The number of carbonyl (C=O) groups is 1. The lowest BCUT2D eigenvalue weighted by Gasteiger charge is -2.37. The molecule has 1 amide bonds. The first-order chi connectivity index (χ1) is 10.0. The van der Waals surface area contributed by atoms with E-state index in [-0.39, 0.29) is 24.0 Å². The second-order valence-electron chi connectivity index (χ2n) is 6.47. The van der Waals surface area contributed by atoms with Gasteiger partial charge in [0.05, 0.1) is 12.2 Å². The molecule has 0 radical (unpaired) electrons. The zero-order chi connectivity index (χ0) is 15.0. The maximum Gasteiger partial charge on any atom is 0.230 e. The highest BCUT2D eigenvalue weighted by atomic mass is 16.5. The van der Waals surface area contributed by atoms with Crippen molar-refractivity contribution in [1.29, 1.82) is 0 Å². The van der Waals surface area contributed by atoms with Crippen LogP contribution >= 0.6 is 0 Å². The van der Waals surface area contributed by atoms with E-state index in [0.717, 1.165) is 42.7 Å². The predicted octanol–water partition coefficient (Wildman–Crippen LogP) is 2.63. The monoisotopic (exact) mass is 288 g/mol. The van der Waals surface area contributed by atoms with Crippen LogP contribution in [-0.4, -0.2) is 24.6 Å². The number of nitrogens with zero attached hydrogens (tertiary/aromatic N) is 1. The van der Waals surface area contributed by atoms with Crippen molar-refractivity contribution in [2.45, 2.75) is 51.7 Å². The lowest BCUT2D eigenvalue weighted by Crippen LogP contribution is -2.46. The van der Waals surface area contributed by atoms with Crippen molar-refractivity contribution in [2.24, 2.45) is 11.7 Å². The first-order valence-electron chi connectivity index (χ1n) is 7.89. The third-order valence-corrected chi connectivity index (χ3v) is 4.50. The van der Waals surface area contributed by atoms with Crippen molar-refractivity contribution < 1.29 is 9.53 Å². The second-order valence-corrected chi connectivity index (χ2v) is 6.47. The number of benzene rings is 1. The summed E-state index contributed by atoms with van der Waals surface area (Å²) in [5, 5.41) is 0. The first kappa shape index (κ1) is 14.4. The Morgan fingerprint density at radius 2 is 2.19 bits per heavy atom. The molecule has 4 nitrogen and oxygen atoms in total. The van der Waals surface area contributed by atoms with Gasteiger partial charge in [0, 0.05) is 12.0 Å². The molecule has 0 saturated heterocycles. The average molecular weight is 288 g/mol. The summed E-state index contributed by atoms with van der Waals surface area (Å²) < 4.78 is 5.88. The van der Waals surface area contributed by atoms with Crippen LogP contribution in [0, 0.1) is 12.8 Å². The molecule has 1 aliphatic heterocycles. The lowest BCUT2D eigenvalue weighted by atomic mass is 9.85. The summed E-state index contributed by atoms with van der Waals surface area (Å²) >= 11 is 0. The molecule has 1 fully saturated rings. The summed E-state index contributed by atoms with van der Waals surface area (Å²) in [6.45, 7) is 4.67. The van der Waals surface area contributed by atoms with Gasteiger partial charge in [0.1, 0.15) is 11.9 Å². The van der Waals surface area contributed by atoms with E-state index in [9.17, 15) is 4.79 Å². The van der Waals surface area contributed by atoms with Crippen LogP contribution in [-0.2, 0) is 4.79 Å². The molecule has 114 valence electrons. The van der Waals surface area contributed by atoms with Crippen molar-refractivity contribution in [3.05, 3.63) is 23.8 Å². The number of ether oxygens (including phenoxy) is 1. The Labute approximate surface area is 126 Å². The van der Waals surface area contributed by atoms with Crippen LogP contribution in [0.15, 0.2) is 18.2 Å². The number of fused-ring (bicyclic) bond motifs is 1. The van der Waals surface area contributed by atoms with Crippen molar-refractivity contribution in [1.82, 2.24) is 0 Å². The number of rotatable bonds is 1. The Balaban J connectivity index is 1.86. The molecule has 2 aliphatic rings. The number of aryl methyl sites for hydroxylation is 1. The molecule has 3 rings (SSSR count). The summed E-state index contributed by atoms with van der Waals surface area (Å²) in [7, 11) is 0. The number of carbonyl (C=O) groups excluding carboxylic acids is 1. The van der Waals surface area contributed by atoms with Crippen LogP contribution in [0.1, 0.15) is 38.2 Å². The van der Waals surface area contributed by atoms with Gasteiger partial charge in [-0.1, -0.05) is 12.5 Å². The van der Waals surface area contributed by atoms with Crippen LogP contribution in [0.3, 0.4) is 0 Å². The molecule has 1 aromatic rings. The van der Waals surface area contributed by atoms with Crippen LogP contribution in [0.25, 0.3) is 0 Å². The van der Waals surface area contributed by atoms with E-state index in [1.165, 1.54) is 0 Å². The largest absolute Gasteiger partial charge is 0.487 e. The molecule has 1 aliphatic carbocycles. The lowest BCUT2D eigenvalue weighted by molar-refractivity contribution is -0.124. The topological polar surface area (TPSA) is 55.6 Å². The third-order valence-electron chi connectivity index (χ3n) is 4.50. The Bertz CT molecular complexity index is 544. The highest BCUT2D eigenvalue weighted by molar-refractivity contribution is 5.97. The molecule has 1 saturated carbocycles. The molecule has 1 aromatic carbocycles. The number of amides is 1. The minimum Gasteiger partial charge on any atom is -0.487 e. The summed E-state index contributed by atoms with van der Waals surface area (Å²) in [6, 6.07) is 6.21. The minimum absolute atomic E-state index is 0.0283. The summed E-state index contributed by atoms with van der Waals surface area (Å²) in [4.78, 5) is 14.8. The standard InChI is InChI=1S/C17H24N2O2/c1-11-6-7-15-16(8-11)21-12(2)10-19(15)17(20)13-4-3-5-14(18)9-13/h6-8,12-14H,3-5,9-10,18H2,1-2H3/t12-,13+,14-/m1/s1. The summed E-state index contributed by atoms with van der Waals surface area (Å²) in [5.41, 5.74) is 8.09. The van der Waals surface area contributed by atoms with Gasteiger partial charge in [0.25, 0.3) is 0 Å². The third kappa shape index (κ3) is 2.91. The molecule has 0 aromatic heterocycles. The Morgan fingerprint density at radius 3 is 2.95 bits per heavy atom. The van der Waals surface area contributed by atoms with E-state index in [0.29, 0.717) is 6.54 Å². The van der Waals surface area contributed by atoms with Crippen LogP contribution in [0.5, 0.6) is 5.75 Å². The van der Waals surface area contributed by atoms with E-state index >= 15 is 0 Å². The Hall–Kier alpha value is -1.55. The molecule has 0 bridgehead atoms. The highest BCUT2D eigenvalue weighted by Gasteiger charge is 2.34. The SMILES string of the molecule is Cc1ccc2c(c1)O[C@H](C)CN2C(=O)[C@H]1CCC[C@@H](N)C1. The predicted molar refractivity (Wildman–Crippen MR) is 83.6 cm³/mol. The molecular formula is C17H24N2O2. The first-order valence-corrected chi connectivity index (χ1v) is 7.89. The maximum absolute atomic E-state index is 12.9. The molecule has 21 heavy (non-hydrogen) atoms. The van der Waals surface area contributed by atoms with E-state index in [1.54, 1.807) is 0 Å². The van der Waals surface area contributed by atoms with Gasteiger partial charge in [0.2, 0.25) is 5.91 Å². The van der Waals surface area contributed by atoms with E-state index < -0.39 is 0 Å². The molecule has 3 atom stereocenters. The number of anilines is 1. The van der Waals surface area contributed by atoms with Crippen molar-refractivity contribution in [3.63, 3.8) is 0 Å². The van der Waals surface area contributed by atoms with Gasteiger partial charge in [-0.05, 0) is 50.8 Å². The van der Waals surface area contributed by atoms with Crippen molar-refractivity contribution in [3.8, 4) is 5.75 Å². The summed E-state index contributed by atoms with van der Waals surface area (Å²) in [5.74, 6) is 1.10. The Kier molecular flexibility index (Phi) is 3.89. The van der Waals surface area contributed by atoms with Gasteiger partial charge in [-0.3, -0.25) is 4.79 Å².